The molecule has 0 spiro atoms. The van der Waals surface area contributed by atoms with Crippen LogP contribution in [0.25, 0.3) is 0 Å². The molecule has 3 rings (SSSR count). The van der Waals surface area contributed by atoms with E-state index in [1.54, 1.807) is 30.1 Å². The van der Waals surface area contributed by atoms with Gasteiger partial charge in [0, 0.05) is 38.3 Å². The number of rotatable bonds is 5. The van der Waals surface area contributed by atoms with Crippen LogP contribution in [0.4, 0.5) is 0 Å². The van der Waals surface area contributed by atoms with Gasteiger partial charge in [-0.05, 0) is 37.1 Å². The van der Waals surface area contributed by atoms with Crippen LogP contribution in [-0.2, 0) is 21.2 Å². The van der Waals surface area contributed by atoms with Crippen LogP contribution in [0.5, 0.6) is 0 Å². The number of hydrogen-bond acceptors (Lipinski definition) is 5. The summed E-state index contributed by atoms with van der Waals surface area (Å²) in [7, 11) is -1.85. The molecule has 2 saturated heterocycles. The molecule has 2 fully saturated rings. The summed E-state index contributed by atoms with van der Waals surface area (Å²) < 4.78 is 32.9. The Morgan fingerprint density at radius 2 is 2.04 bits per heavy atom. The van der Waals surface area contributed by atoms with Gasteiger partial charge in [-0.25, -0.2) is 8.42 Å². The van der Waals surface area contributed by atoms with E-state index < -0.39 is 10.0 Å². The highest BCUT2D eigenvalue weighted by Gasteiger charge is 2.30. The lowest BCUT2D eigenvalue weighted by molar-refractivity contribution is 0.0728. The topological polar surface area (TPSA) is 79.0 Å². The van der Waals surface area contributed by atoms with Crippen molar-refractivity contribution in [3.8, 4) is 0 Å². The fourth-order valence-electron chi connectivity index (χ4n) is 3.49. The Morgan fingerprint density at radius 3 is 2.63 bits per heavy atom. The van der Waals surface area contributed by atoms with Gasteiger partial charge in [-0.15, -0.1) is 12.4 Å². The third-order valence-electron chi connectivity index (χ3n) is 5.19. The number of aryl methyl sites for hydroxylation is 1. The molecule has 0 radical (unpaired) electrons. The number of nitrogens with one attached hydrogen (secondary N) is 1. The lowest BCUT2D eigenvalue weighted by Crippen LogP contribution is -2.41. The highest BCUT2D eigenvalue weighted by Crippen LogP contribution is 2.24. The van der Waals surface area contributed by atoms with Crippen molar-refractivity contribution in [3.05, 3.63) is 29.3 Å². The third kappa shape index (κ3) is 4.63. The summed E-state index contributed by atoms with van der Waals surface area (Å²) in [6, 6.07) is 5.19. The maximum Gasteiger partial charge on any atom is 0.253 e. The number of amides is 1. The Bertz CT molecular complexity index is 760. The molecule has 1 aromatic rings. The smallest absolute Gasteiger partial charge is 0.253 e. The predicted molar refractivity (Wildman–Crippen MR) is 106 cm³/mol. The molecule has 1 unspecified atom stereocenters. The molecule has 2 aliphatic heterocycles. The van der Waals surface area contributed by atoms with Crippen molar-refractivity contribution in [2.24, 2.45) is 0 Å². The average Bonchev–Trinajstić information content (AvgIpc) is 3.21. The fourth-order valence-corrected chi connectivity index (χ4v) is 5.21. The second-order valence-electron chi connectivity index (χ2n) is 6.76. The van der Waals surface area contributed by atoms with Crippen LogP contribution in [0.1, 0.15) is 29.3 Å². The molecule has 0 saturated carbocycles. The number of carbonyl (C=O) groups excluding carboxylic acids is 1. The molecule has 9 heteroatoms. The SMILES string of the molecule is CCc1ccc(C(=O)N(C)C2CCNC2)cc1S(=O)(=O)N1CCOCC1.Cl. The number of carbonyl (C=O) groups is 1. The van der Waals surface area contributed by atoms with Crippen molar-refractivity contribution in [1.29, 1.82) is 0 Å². The number of sulfonamides is 1. The molecule has 1 amide bonds. The molecule has 2 heterocycles. The van der Waals surface area contributed by atoms with Gasteiger partial charge < -0.3 is 15.0 Å². The molecule has 0 bridgehead atoms. The number of nitrogens with zero attached hydrogens (tertiary/aromatic N) is 2. The summed E-state index contributed by atoms with van der Waals surface area (Å²) in [6.07, 6.45) is 1.50. The normalized spacial score (nSPS) is 20.9. The van der Waals surface area contributed by atoms with E-state index in [9.17, 15) is 13.2 Å². The molecule has 27 heavy (non-hydrogen) atoms. The van der Waals surface area contributed by atoms with Crippen LogP contribution in [0.3, 0.4) is 0 Å². The average molecular weight is 418 g/mol. The molecule has 1 atom stereocenters. The van der Waals surface area contributed by atoms with E-state index in [0.717, 1.165) is 25.1 Å². The zero-order valence-corrected chi connectivity index (χ0v) is 17.4. The maximum absolute atomic E-state index is 13.1. The molecule has 152 valence electrons. The standard InChI is InChI=1S/C18H27N3O4S.ClH/c1-3-14-4-5-15(18(22)20(2)16-6-7-19-13-16)12-17(14)26(23,24)21-8-10-25-11-9-21;/h4-5,12,16,19H,3,6-11,13H2,1-2H3;1H. The molecule has 1 aromatic carbocycles. The van der Waals surface area contributed by atoms with E-state index >= 15 is 0 Å². The van der Waals surface area contributed by atoms with Crippen molar-refractivity contribution < 1.29 is 17.9 Å². The first kappa shape index (κ1) is 22.1. The van der Waals surface area contributed by atoms with E-state index in [4.69, 9.17) is 4.74 Å². The van der Waals surface area contributed by atoms with Crippen LogP contribution >= 0.6 is 12.4 Å². The first-order chi connectivity index (χ1) is 12.4. The monoisotopic (exact) mass is 417 g/mol. The molecule has 1 N–H and O–H groups in total. The van der Waals surface area contributed by atoms with Gasteiger partial charge in [0.25, 0.3) is 5.91 Å². The predicted octanol–water partition coefficient (Wildman–Crippen LogP) is 1.13. The summed E-state index contributed by atoms with van der Waals surface area (Å²) in [6.45, 7) is 5.08. The van der Waals surface area contributed by atoms with Gasteiger partial charge >= 0.3 is 0 Å². The van der Waals surface area contributed by atoms with Gasteiger partial charge in [-0.1, -0.05) is 13.0 Å². The number of ether oxygens (including phenoxy) is 1. The van der Waals surface area contributed by atoms with Crippen LogP contribution in [0, 0.1) is 0 Å². The quantitative estimate of drug-likeness (QED) is 0.776. The summed E-state index contributed by atoms with van der Waals surface area (Å²) in [5.41, 5.74) is 1.15. The maximum atomic E-state index is 13.1. The summed E-state index contributed by atoms with van der Waals surface area (Å²) in [5, 5.41) is 3.25. The van der Waals surface area contributed by atoms with E-state index in [2.05, 4.69) is 5.32 Å². The van der Waals surface area contributed by atoms with E-state index in [1.165, 1.54) is 4.31 Å². The van der Waals surface area contributed by atoms with E-state index in [0.29, 0.717) is 38.3 Å². The van der Waals surface area contributed by atoms with E-state index in [-0.39, 0.29) is 29.3 Å². The summed E-state index contributed by atoms with van der Waals surface area (Å²) in [5.74, 6) is -0.139. The minimum Gasteiger partial charge on any atom is -0.379 e. The van der Waals surface area contributed by atoms with Gasteiger partial charge in [0.2, 0.25) is 10.0 Å². The largest absolute Gasteiger partial charge is 0.379 e. The molecule has 2 aliphatic rings. The second kappa shape index (κ2) is 9.34. The number of hydrogen-bond donors (Lipinski definition) is 1. The van der Waals surface area contributed by atoms with E-state index in [1.807, 2.05) is 6.92 Å². The van der Waals surface area contributed by atoms with Gasteiger partial charge in [0.05, 0.1) is 18.1 Å². The lowest BCUT2D eigenvalue weighted by atomic mass is 10.1. The summed E-state index contributed by atoms with van der Waals surface area (Å²) in [4.78, 5) is 14.8. The number of halogens is 1. The fraction of sp³-hybridized carbons (Fsp3) is 0.611. The van der Waals surface area contributed by atoms with Crippen molar-refractivity contribution in [2.75, 3.05) is 46.4 Å². The van der Waals surface area contributed by atoms with Gasteiger partial charge in [0.15, 0.2) is 0 Å². The third-order valence-corrected chi connectivity index (χ3v) is 7.17. The Labute approximate surface area is 167 Å². The lowest BCUT2D eigenvalue weighted by Gasteiger charge is -2.28. The zero-order valence-electron chi connectivity index (χ0n) is 15.8. The molecule has 0 aliphatic carbocycles. The van der Waals surface area contributed by atoms with Crippen LogP contribution in [0.2, 0.25) is 0 Å². The number of morpholine rings is 1. The Morgan fingerprint density at radius 1 is 1.33 bits per heavy atom. The number of likely N-dealkylation sites (N-methyl/N-ethyl adjacent to an activating group) is 1. The minimum atomic E-state index is -3.64. The van der Waals surface area contributed by atoms with Gasteiger partial charge in [-0.3, -0.25) is 4.79 Å². The first-order valence-corrected chi connectivity index (χ1v) is 10.6. The molecular formula is C18H28ClN3O4S. The van der Waals surface area contributed by atoms with Crippen molar-refractivity contribution in [1.82, 2.24) is 14.5 Å². The summed E-state index contributed by atoms with van der Waals surface area (Å²) >= 11 is 0. The Hall–Kier alpha value is -1.19. The number of benzene rings is 1. The Kier molecular flexibility index (Phi) is 7.64. The highest BCUT2D eigenvalue weighted by atomic mass is 35.5. The van der Waals surface area contributed by atoms with Crippen molar-refractivity contribution in [3.63, 3.8) is 0 Å². The van der Waals surface area contributed by atoms with Gasteiger partial charge in [0.1, 0.15) is 0 Å². The van der Waals surface area contributed by atoms with Gasteiger partial charge in [-0.2, -0.15) is 4.31 Å². The Balaban J connectivity index is 0.00000261. The zero-order chi connectivity index (χ0) is 18.7. The highest BCUT2D eigenvalue weighted by molar-refractivity contribution is 7.89. The minimum absolute atomic E-state index is 0. The van der Waals surface area contributed by atoms with Crippen molar-refractivity contribution >= 4 is 28.3 Å². The second-order valence-corrected chi connectivity index (χ2v) is 8.66. The molecule has 7 nitrogen and oxygen atoms in total. The van der Waals surface area contributed by atoms with Crippen LogP contribution < -0.4 is 5.32 Å². The van der Waals surface area contributed by atoms with Crippen LogP contribution in [-0.4, -0.2) is 76.0 Å². The molecular weight excluding hydrogens is 390 g/mol. The van der Waals surface area contributed by atoms with Crippen LogP contribution in [0.15, 0.2) is 23.1 Å². The van der Waals surface area contributed by atoms with Crippen molar-refractivity contribution in [2.45, 2.75) is 30.7 Å². The molecule has 0 aromatic heterocycles. The first-order valence-electron chi connectivity index (χ1n) is 9.14.